The highest BCUT2D eigenvalue weighted by atomic mass is 32.2. The summed E-state index contributed by atoms with van der Waals surface area (Å²) in [6.45, 7) is 0.265. The van der Waals surface area contributed by atoms with Gasteiger partial charge in [-0.1, -0.05) is 0 Å². The second-order valence-corrected chi connectivity index (χ2v) is 5.28. The van der Waals surface area contributed by atoms with Crippen LogP contribution in [0.5, 0.6) is 11.5 Å². The fourth-order valence-corrected chi connectivity index (χ4v) is 3.25. The second-order valence-electron chi connectivity index (χ2n) is 3.81. The van der Waals surface area contributed by atoms with Gasteiger partial charge in [-0.15, -0.1) is 0 Å². The lowest BCUT2D eigenvalue weighted by molar-refractivity contribution is -0.136. The number of methoxy groups -OCH3 is 1. The van der Waals surface area contributed by atoms with Crippen molar-refractivity contribution in [3.63, 3.8) is 0 Å². The maximum atomic E-state index is 11.4. The number of carbonyl (C=O) groups is 1. The van der Waals surface area contributed by atoms with Crippen LogP contribution in [0.25, 0.3) is 6.08 Å². The van der Waals surface area contributed by atoms with Crippen LogP contribution in [0.1, 0.15) is 5.56 Å². The van der Waals surface area contributed by atoms with Crippen LogP contribution in [0.3, 0.4) is 0 Å². The third kappa shape index (κ3) is 1.70. The minimum absolute atomic E-state index is 0.265. The Kier molecular flexibility index (Phi) is 2.36. The quantitative estimate of drug-likeness (QED) is 0.739. The number of esters is 1. The van der Waals surface area contributed by atoms with Crippen molar-refractivity contribution in [2.75, 3.05) is 13.9 Å². The average Bonchev–Trinajstić information content (AvgIpc) is 2.81. The average molecular weight is 255 g/mol. The molecule has 5 nitrogen and oxygen atoms in total. The first-order valence-corrected chi connectivity index (χ1v) is 6.66. The number of hydrogen-bond donors (Lipinski definition) is 1. The van der Waals surface area contributed by atoms with Crippen LogP contribution in [-0.2, 0) is 9.53 Å². The SMILES string of the molecule is COC(=O)C1=Cc2cc3c(cc2[SH4]N1)OCO3. The highest BCUT2D eigenvalue weighted by molar-refractivity contribution is 7.97. The van der Waals surface area contributed by atoms with Gasteiger partial charge in [0.1, 0.15) is 5.70 Å². The molecule has 2 aliphatic rings. The normalized spacial score (nSPS) is 16.2. The van der Waals surface area contributed by atoms with Crippen LogP contribution in [0, 0.1) is 0 Å². The molecule has 0 bridgehead atoms. The molecular formula is C11H13NO4S. The summed E-state index contributed by atoms with van der Waals surface area (Å²) in [4.78, 5) is 12.6. The molecule has 3 rings (SSSR count). The highest BCUT2D eigenvalue weighted by Crippen LogP contribution is 2.40. The van der Waals surface area contributed by atoms with E-state index in [0.717, 1.165) is 17.1 Å². The van der Waals surface area contributed by atoms with Gasteiger partial charge in [0.05, 0.1) is 7.11 Å². The lowest BCUT2D eigenvalue weighted by Gasteiger charge is -2.20. The lowest BCUT2D eigenvalue weighted by atomic mass is 10.1. The Hall–Kier alpha value is -1.82. The van der Waals surface area contributed by atoms with Crippen molar-refractivity contribution in [3.8, 4) is 11.5 Å². The topological polar surface area (TPSA) is 56.8 Å². The summed E-state index contributed by atoms with van der Waals surface area (Å²) in [5, 5.41) is 0. The Morgan fingerprint density at radius 1 is 1.41 bits per heavy atom. The van der Waals surface area contributed by atoms with Gasteiger partial charge in [0.2, 0.25) is 6.79 Å². The van der Waals surface area contributed by atoms with E-state index in [1.807, 2.05) is 12.1 Å². The second kappa shape index (κ2) is 3.89. The van der Waals surface area contributed by atoms with Gasteiger partial charge in [0, 0.05) is 0 Å². The van der Waals surface area contributed by atoms with Crippen molar-refractivity contribution in [1.82, 2.24) is 4.72 Å². The van der Waals surface area contributed by atoms with Gasteiger partial charge in [-0.25, -0.2) is 16.7 Å². The van der Waals surface area contributed by atoms with Crippen molar-refractivity contribution in [2.45, 2.75) is 4.90 Å². The third-order valence-corrected chi connectivity index (χ3v) is 4.36. The molecule has 0 unspecified atom stereocenters. The van der Waals surface area contributed by atoms with Crippen LogP contribution in [0.15, 0.2) is 22.7 Å². The van der Waals surface area contributed by atoms with E-state index < -0.39 is 11.9 Å². The molecule has 0 aromatic heterocycles. The molecular weight excluding hydrogens is 242 g/mol. The van der Waals surface area contributed by atoms with E-state index in [2.05, 4.69) is 4.72 Å². The van der Waals surface area contributed by atoms with Gasteiger partial charge < -0.3 is 18.9 Å². The van der Waals surface area contributed by atoms with Crippen LogP contribution in [0.4, 0.5) is 0 Å². The van der Waals surface area contributed by atoms with E-state index in [1.54, 1.807) is 6.08 Å². The third-order valence-electron chi connectivity index (χ3n) is 2.81. The predicted molar refractivity (Wildman–Crippen MR) is 67.1 cm³/mol. The highest BCUT2D eigenvalue weighted by Gasteiger charge is 2.20. The van der Waals surface area contributed by atoms with Crippen molar-refractivity contribution >= 4 is 24.0 Å². The summed E-state index contributed by atoms with van der Waals surface area (Å²) in [6.07, 6.45) is 1.79. The van der Waals surface area contributed by atoms with Gasteiger partial charge in [0.25, 0.3) is 0 Å². The smallest absolute Gasteiger partial charge is 0.354 e. The lowest BCUT2D eigenvalue weighted by Crippen LogP contribution is -2.18. The van der Waals surface area contributed by atoms with Gasteiger partial charge >= 0.3 is 5.97 Å². The fourth-order valence-electron chi connectivity index (χ4n) is 1.93. The molecule has 0 fully saturated rings. The fraction of sp³-hybridized carbons (Fsp3) is 0.182. The minimum atomic E-state index is -0.716. The first kappa shape index (κ1) is 10.3. The predicted octanol–water partition coefficient (Wildman–Crippen LogP) is 0.469. The van der Waals surface area contributed by atoms with Gasteiger partial charge in [-0.3, -0.25) is 0 Å². The van der Waals surface area contributed by atoms with Crippen molar-refractivity contribution in [3.05, 3.63) is 23.4 Å². The summed E-state index contributed by atoms with van der Waals surface area (Å²) in [7, 11) is 1.38. The molecule has 0 atom stereocenters. The number of benzene rings is 1. The van der Waals surface area contributed by atoms with E-state index in [-0.39, 0.29) is 12.8 Å². The summed E-state index contributed by atoms with van der Waals surface area (Å²) < 4.78 is 18.5. The Morgan fingerprint density at radius 3 is 2.94 bits per heavy atom. The zero-order chi connectivity index (χ0) is 11.8. The standard InChI is InChI=1S/C11H13NO4S/c1-14-11(13)7-2-6-3-8-9(16-5-15-8)4-10(6)17-12-7/h2-4,12H,5H2,1H3,17H4. The molecule has 2 aliphatic heterocycles. The Balaban J connectivity index is 2.02. The zero-order valence-electron chi connectivity index (χ0n) is 9.28. The molecule has 1 aromatic carbocycles. The molecule has 0 spiro atoms. The maximum absolute atomic E-state index is 11.4. The number of carbonyl (C=O) groups excluding carboxylic acids is 1. The molecule has 1 aromatic rings. The molecule has 0 amide bonds. The maximum Gasteiger partial charge on any atom is 0.354 e. The number of nitrogens with one attached hydrogen (secondary N) is 1. The summed E-state index contributed by atoms with van der Waals surface area (Å²) in [5.41, 5.74) is 1.53. The van der Waals surface area contributed by atoms with Crippen LogP contribution in [-0.4, -0.2) is 19.9 Å². The molecule has 6 heteroatoms. The van der Waals surface area contributed by atoms with E-state index in [1.165, 1.54) is 12.0 Å². The van der Waals surface area contributed by atoms with Crippen LogP contribution in [0.2, 0.25) is 0 Å². The van der Waals surface area contributed by atoms with Gasteiger partial charge in [-0.05, 0) is 28.7 Å². The van der Waals surface area contributed by atoms with Crippen molar-refractivity contribution < 1.29 is 19.0 Å². The molecule has 17 heavy (non-hydrogen) atoms. The summed E-state index contributed by atoms with van der Waals surface area (Å²) in [5.74, 6) is 1.19. The van der Waals surface area contributed by atoms with E-state index in [9.17, 15) is 4.79 Å². The molecule has 0 aliphatic carbocycles. The van der Waals surface area contributed by atoms with Gasteiger partial charge in [-0.2, -0.15) is 0 Å². The Labute approximate surface area is 102 Å². The van der Waals surface area contributed by atoms with Crippen LogP contribution < -0.4 is 14.2 Å². The van der Waals surface area contributed by atoms with E-state index in [0.29, 0.717) is 5.70 Å². The molecule has 2 heterocycles. The minimum Gasteiger partial charge on any atom is -0.464 e. The molecule has 92 valence electrons. The summed E-state index contributed by atoms with van der Waals surface area (Å²) >= 11 is -0.716. The van der Waals surface area contributed by atoms with Crippen molar-refractivity contribution in [2.24, 2.45) is 0 Å². The summed E-state index contributed by atoms with van der Waals surface area (Å²) in [6, 6.07) is 3.90. The number of fused-ring (bicyclic) bond motifs is 2. The number of ether oxygens (including phenoxy) is 3. The van der Waals surface area contributed by atoms with Crippen LogP contribution >= 0.6 is 11.9 Å². The molecule has 1 N–H and O–H groups in total. The molecule has 0 saturated carbocycles. The van der Waals surface area contributed by atoms with E-state index in [4.69, 9.17) is 14.2 Å². The Morgan fingerprint density at radius 2 is 2.18 bits per heavy atom. The number of rotatable bonds is 1. The number of hydrogen-bond acceptors (Lipinski definition) is 5. The molecule has 0 saturated heterocycles. The van der Waals surface area contributed by atoms with Gasteiger partial charge in [0.15, 0.2) is 11.5 Å². The first-order valence-electron chi connectivity index (χ1n) is 5.24. The largest absolute Gasteiger partial charge is 0.464 e. The first-order chi connectivity index (χ1) is 8.28. The molecule has 0 radical (unpaired) electrons. The monoisotopic (exact) mass is 255 g/mol. The van der Waals surface area contributed by atoms with Crippen molar-refractivity contribution in [1.29, 1.82) is 0 Å². The van der Waals surface area contributed by atoms with E-state index >= 15 is 0 Å². The Bertz CT molecular complexity index is 526. The zero-order valence-corrected chi connectivity index (χ0v) is 10.7.